The zero-order valence-electron chi connectivity index (χ0n) is 11.0. The molecule has 0 aliphatic rings. The van der Waals surface area contributed by atoms with Gasteiger partial charge < -0.3 is 5.11 Å². The van der Waals surface area contributed by atoms with Gasteiger partial charge in [-0.25, -0.2) is 0 Å². The van der Waals surface area contributed by atoms with Crippen molar-refractivity contribution < 1.29 is 5.11 Å². The van der Waals surface area contributed by atoms with Crippen LogP contribution in [0.1, 0.15) is 17.2 Å². The standard InChI is InChI=1S/C18H15ClO/c19-16-9-4-8-15(11-16)18(20)12-14-7-3-6-13-5-1-2-10-17(13)14/h1-11,18,20H,12H2. The number of hydrogen-bond donors (Lipinski definition) is 1. The second-order valence-electron chi connectivity index (χ2n) is 4.91. The Labute approximate surface area is 123 Å². The van der Waals surface area contributed by atoms with Crippen molar-refractivity contribution in [3.8, 4) is 0 Å². The maximum absolute atomic E-state index is 10.4. The molecule has 0 bridgehead atoms. The third-order valence-electron chi connectivity index (χ3n) is 3.53. The maximum atomic E-state index is 10.4. The minimum atomic E-state index is -0.542. The van der Waals surface area contributed by atoms with Gasteiger partial charge in [-0.2, -0.15) is 0 Å². The van der Waals surface area contributed by atoms with Gasteiger partial charge in [0.1, 0.15) is 0 Å². The van der Waals surface area contributed by atoms with Crippen LogP contribution in [0.5, 0.6) is 0 Å². The Kier molecular flexibility index (Phi) is 3.72. The van der Waals surface area contributed by atoms with E-state index in [1.54, 1.807) is 0 Å². The average Bonchev–Trinajstić information content (AvgIpc) is 2.47. The zero-order chi connectivity index (χ0) is 13.9. The van der Waals surface area contributed by atoms with E-state index < -0.39 is 6.10 Å². The van der Waals surface area contributed by atoms with Crippen molar-refractivity contribution in [2.45, 2.75) is 12.5 Å². The van der Waals surface area contributed by atoms with E-state index in [2.05, 4.69) is 24.3 Å². The molecule has 0 fully saturated rings. The largest absolute Gasteiger partial charge is 0.388 e. The molecule has 0 radical (unpaired) electrons. The van der Waals surface area contributed by atoms with E-state index in [4.69, 9.17) is 11.6 Å². The van der Waals surface area contributed by atoms with E-state index >= 15 is 0 Å². The fraction of sp³-hybridized carbons (Fsp3) is 0.111. The molecule has 0 amide bonds. The van der Waals surface area contributed by atoms with Crippen molar-refractivity contribution in [1.29, 1.82) is 0 Å². The third kappa shape index (κ3) is 2.69. The summed E-state index contributed by atoms with van der Waals surface area (Å²) in [5.74, 6) is 0. The summed E-state index contributed by atoms with van der Waals surface area (Å²) in [7, 11) is 0. The summed E-state index contributed by atoms with van der Waals surface area (Å²) in [6, 6.07) is 21.8. The summed E-state index contributed by atoms with van der Waals surface area (Å²) >= 11 is 5.98. The molecule has 3 rings (SSSR count). The molecule has 0 aromatic heterocycles. The highest BCUT2D eigenvalue weighted by Crippen LogP contribution is 2.25. The van der Waals surface area contributed by atoms with Crippen molar-refractivity contribution in [3.05, 3.63) is 82.9 Å². The van der Waals surface area contributed by atoms with E-state index in [9.17, 15) is 5.11 Å². The number of aliphatic hydroxyl groups excluding tert-OH is 1. The minimum Gasteiger partial charge on any atom is -0.388 e. The predicted octanol–water partition coefficient (Wildman–Crippen LogP) is 4.77. The quantitative estimate of drug-likeness (QED) is 0.734. The van der Waals surface area contributed by atoms with Crippen molar-refractivity contribution in [3.63, 3.8) is 0 Å². The molecule has 1 unspecified atom stereocenters. The van der Waals surface area contributed by atoms with E-state index in [0.717, 1.165) is 11.1 Å². The molecular weight excluding hydrogens is 268 g/mol. The Hall–Kier alpha value is -1.83. The summed E-state index contributed by atoms with van der Waals surface area (Å²) < 4.78 is 0. The smallest absolute Gasteiger partial charge is 0.0831 e. The number of fused-ring (bicyclic) bond motifs is 1. The van der Waals surface area contributed by atoms with E-state index in [1.165, 1.54) is 10.8 Å². The monoisotopic (exact) mass is 282 g/mol. The normalized spacial score (nSPS) is 12.5. The molecule has 0 aliphatic carbocycles. The van der Waals surface area contributed by atoms with Crippen molar-refractivity contribution >= 4 is 22.4 Å². The maximum Gasteiger partial charge on any atom is 0.0831 e. The highest BCUT2D eigenvalue weighted by atomic mass is 35.5. The molecule has 0 saturated carbocycles. The molecular formula is C18H15ClO. The van der Waals surface area contributed by atoms with Gasteiger partial charge in [0.05, 0.1) is 6.10 Å². The topological polar surface area (TPSA) is 20.2 Å². The second-order valence-corrected chi connectivity index (χ2v) is 5.35. The lowest BCUT2D eigenvalue weighted by Crippen LogP contribution is -2.02. The van der Waals surface area contributed by atoms with Crippen LogP contribution in [0.3, 0.4) is 0 Å². The first kappa shape index (κ1) is 13.2. The van der Waals surface area contributed by atoms with Crippen molar-refractivity contribution in [2.24, 2.45) is 0 Å². The summed E-state index contributed by atoms with van der Waals surface area (Å²) in [4.78, 5) is 0. The van der Waals surface area contributed by atoms with Gasteiger partial charge in [0.2, 0.25) is 0 Å². The lowest BCUT2D eigenvalue weighted by molar-refractivity contribution is 0.179. The Bertz CT molecular complexity index is 731. The van der Waals surface area contributed by atoms with Gasteiger partial charge in [-0.05, 0) is 34.0 Å². The molecule has 0 aliphatic heterocycles. The molecule has 2 heteroatoms. The summed E-state index contributed by atoms with van der Waals surface area (Å²) in [5.41, 5.74) is 2.00. The van der Waals surface area contributed by atoms with Crippen LogP contribution in [0.15, 0.2) is 66.7 Å². The van der Waals surface area contributed by atoms with Crippen LogP contribution < -0.4 is 0 Å². The first-order chi connectivity index (χ1) is 9.74. The molecule has 0 saturated heterocycles. The molecule has 1 N–H and O–H groups in total. The van der Waals surface area contributed by atoms with E-state index in [-0.39, 0.29) is 0 Å². The first-order valence-electron chi connectivity index (χ1n) is 6.64. The molecule has 3 aromatic carbocycles. The fourth-order valence-corrected chi connectivity index (χ4v) is 2.71. The number of hydrogen-bond acceptors (Lipinski definition) is 1. The van der Waals surface area contributed by atoms with Gasteiger partial charge in [0.25, 0.3) is 0 Å². The lowest BCUT2D eigenvalue weighted by Gasteiger charge is -2.13. The van der Waals surface area contributed by atoms with Crippen molar-refractivity contribution in [1.82, 2.24) is 0 Å². The van der Waals surface area contributed by atoms with Gasteiger partial charge in [0.15, 0.2) is 0 Å². The summed E-state index contributed by atoms with van der Waals surface area (Å²) in [5, 5.41) is 13.4. The third-order valence-corrected chi connectivity index (χ3v) is 3.76. The lowest BCUT2D eigenvalue weighted by atomic mass is 9.97. The van der Waals surface area contributed by atoms with Crippen molar-refractivity contribution in [2.75, 3.05) is 0 Å². The summed E-state index contributed by atoms with van der Waals surface area (Å²) in [6.45, 7) is 0. The van der Waals surface area contributed by atoms with Crippen LogP contribution in [0.25, 0.3) is 10.8 Å². The number of aliphatic hydroxyl groups is 1. The Morgan fingerprint density at radius 1 is 0.900 bits per heavy atom. The van der Waals surface area contributed by atoms with E-state index in [0.29, 0.717) is 11.4 Å². The highest BCUT2D eigenvalue weighted by Gasteiger charge is 2.10. The highest BCUT2D eigenvalue weighted by molar-refractivity contribution is 6.30. The summed E-state index contributed by atoms with van der Waals surface area (Å²) in [6.07, 6.45) is 0.0429. The second kappa shape index (κ2) is 5.66. The Morgan fingerprint density at radius 2 is 1.65 bits per heavy atom. The molecule has 20 heavy (non-hydrogen) atoms. The van der Waals surface area contributed by atoms with Crippen LogP contribution in [-0.2, 0) is 6.42 Å². The molecule has 100 valence electrons. The van der Waals surface area contributed by atoms with Crippen LogP contribution in [0, 0.1) is 0 Å². The van der Waals surface area contributed by atoms with Crippen LogP contribution in [-0.4, -0.2) is 5.11 Å². The zero-order valence-corrected chi connectivity index (χ0v) is 11.7. The van der Waals surface area contributed by atoms with Crippen LogP contribution in [0.2, 0.25) is 5.02 Å². The number of rotatable bonds is 3. The Morgan fingerprint density at radius 3 is 2.50 bits per heavy atom. The Balaban J connectivity index is 1.93. The SMILES string of the molecule is OC(Cc1cccc2ccccc12)c1cccc(Cl)c1. The minimum absolute atomic E-state index is 0.542. The number of benzene rings is 3. The molecule has 1 atom stereocenters. The van der Waals surface area contributed by atoms with Gasteiger partial charge in [-0.1, -0.05) is 66.2 Å². The predicted molar refractivity (Wildman–Crippen MR) is 84.1 cm³/mol. The van der Waals surface area contributed by atoms with Crippen LogP contribution >= 0.6 is 11.6 Å². The van der Waals surface area contributed by atoms with Gasteiger partial charge in [-0.15, -0.1) is 0 Å². The van der Waals surface area contributed by atoms with Gasteiger partial charge in [-0.3, -0.25) is 0 Å². The van der Waals surface area contributed by atoms with Crippen LogP contribution in [0.4, 0.5) is 0 Å². The fourth-order valence-electron chi connectivity index (χ4n) is 2.51. The molecule has 0 heterocycles. The first-order valence-corrected chi connectivity index (χ1v) is 7.02. The van der Waals surface area contributed by atoms with Gasteiger partial charge in [0, 0.05) is 11.4 Å². The van der Waals surface area contributed by atoms with Gasteiger partial charge >= 0.3 is 0 Å². The number of halogens is 1. The molecule has 0 spiro atoms. The molecule has 3 aromatic rings. The average molecular weight is 283 g/mol. The van der Waals surface area contributed by atoms with E-state index in [1.807, 2.05) is 42.5 Å². The molecule has 1 nitrogen and oxygen atoms in total.